The summed E-state index contributed by atoms with van der Waals surface area (Å²) in [6.07, 6.45) is 0.849. The Morgan fingerprint density at radius 3 is 2.50 bits per heavy atom. The molecule has 0 spiro atoms. The highest BCUT2D eigenvalue weighted by molar-refractivity contribution is 5.96. The van der Waals surface area contributed by atoms with Crippen molar-refractivity contribution in [3.05, 3.63) is 29.3 Å². The summed E-state index contributed by atoms with van der Waals surface area (Å²) >= 11 is 0. The van der Waals surface area contributed by atoms with Crippen LogP contribution in [0.1, 0.15) is 17.5 Å². The molecule has 0 aromatic heterocycles. The number of anilines is 1. The molecule has 0 radical (unpaired) electrons. The van der Waals surface area contributed by atoms with Gasteiger partial charge in [0.15, 0.2) is 0 Å². The van der Waals surface area contributed by atoms with Gasteiger partial charge in [0.1, 0.15) is 0 Å². The zero-order valence-electron chi connectivity index (χ0n) is 13.3. The number of aryl methyl sites for hydroxylation is 2. The van der Waals surface area contributed by atoms with Gasteiger partial charge in [-0.25, -0.2) is 0 Å². The van der Waals surface area contributed by atoms with Crippen LogP contribution in [0.5, 0.6) is 0 Å². The highest BCUT2D eigenvalue weighted by Crippen LogP contribution is 2.19. The van der Waals surface area contributed by atoms with E-state index in [1.807, 2.05) is 32.0 Å². The molecule has 0 bridgehead atoms. The second-order valence-corrected chi connectivity index (χ2v) is 5.70. The average molecular weight is 326 g/mol. The van der Waals surface area contributed by atoms with Crippen molar-refractivity contribution in [1.82, 2.24) is 10.2 Å². The van der Waals surface area contributed by atoms with Crippen LogP contribution in [-0.4, -0.2) is 43.4 Å². The van der Waals surface area contributed by atoms with Crippen LogP contribution >= 0.6 is 12.4 Å². The van der Waals surface area contributed by atoms with Gasteiger partial charge in [-0.15, -0.1) is 12.4 Å². The predicted molar refractivity (Wildman–Crippen MR) is 90.4 cm³/mol. The van der Waals surface area contributed by atoms with Crippen LogP contribution in [0.4, 0.5) is 5.69 Å². The lowest BCUT2D eigenvalue weighted by atomic mass is 10.1. The van der Waals surface area contributed by atoms with Crippen molar-refractivity contribution in [2.45, 2.75) is 20.3 Å². The first-order valence-electron chi connectivity index (χ1n) is 7.31. The van der Waals surface area contributed by atoms with Gasteiger partial charge in [0.2, 0.25) is 11.8 Å². The van der Waals surface area contributed by atoms with Gasteiger partial charge in [-0.3, -0.25) is 9.59 Å². The maximum atomic E-state index is 12.2. The molecule has 1 unspecified atom stereocenters. The standard InChI is InChI=1S/C16H23N3O2.ClH/c1-11-5-4-6-12(2)15(11)18-14(20)10-19(3)16(21)13-7-8-17-9-13;/h4-6,13,17H,7-10H2,1-3H3,(H,18,20);1H. The van der Waals surface area contributed by atoms with E-state index in [2.05, 4.69) is 10.6 Å². The lowest BCUT2D eigenvalue weighted by molar-refractivity contribution is -0.136. The van der Waals surface area contributed by atoms with Gasteiger partial charge in [0.05, 0.1) is 12.5 Å². The molecule has 1 saturated heterocycles. The number of hydrogen-bond donors (Lipinski definition) is 2. The van der Waals surface area contributed by atoms with Crippen LogP contribution in [0.2, 0.25) is 0 Å². The fourth-order valence-corrected chi connectivity index (χ4v) is 2.66. The van der Waals surface area contributed by atoms with Crippen LogP contribution in [0.15, 0.2) is 18.2 Å². The Labute approximate surface area is 137 Å². The maximum absolute atomic E-state index is 12.2. The average Bonchev–Trinajstić information content (AvgIpc) is 2.96. The number of halogens is 1. The summed E-state index contributed by atoms with van der Waals surface area (Å²) in [4.78, 5) is 25.8. The molecule has 1 heterocycles. The van der Waals surface area contributed by atoms with Gasteiger partial charge >= 0.3 is 0 Å². The van der Waals surface area contributed by atoms with Gasteiger partial charge in [-0.2, -0.15) is 0 Å². The fraction of sp³-hybridized carbons (Fsp3) is 0.500. The lowest BCUT2D eigenvalue weighted by Gasteiger charge is -2.20. The minimum atomic E-state index is -0.158. The molecule has 1 aliphatic heterocycles. The number of rotatable bonds is 4. The van der Waals surface area contributed by atoms with E-state index in [9.17, 15) is 9.59 Å². The number of nitrogens with one attached hydrogen (secondary N) is 2. The van der Waals surface area contributed by atoms with Crippen LogP contribution in [0.3, 0.4) is 0 Å². The van der Waals surface area contributed by atoms with Gasteiger partial charge in [-0.05, 0) is 37.9 Å². The molecule has 2 amide bonds. The molecule has 1 aliphatic rings. The summed E-state index contributed by atoms with van der Waals surface area (Å²) in [7, 11) is 1.69. The molecule has 2 rings (SSSR count). The summed E-state index contributed by atoms with van der Waals surface area (Å²) < 4.78 is 0. The van der Waals surface area contributed by atoms with E-state index < -0.39 is 0 Å². The van der Waals surface area contributed by atoms with Crippen LogP contribution in [0.25, 0.3) is 0 Å². The topological polar surface area (TPSA) is 61.4 Å². The first kappa shape index (κ1) is 18.5. The molecule has 22 heavy (non-hydrogen) atoms. The van der Waals surface area contributed by atoms with Crippen molar-refractivity contribution in [2.24, 2.45) is 5.92 Å². The van der Waals surface area contributed by atoms with Crippen molar-refractivity contribution in [1.29, 1.82) is 0 Å². The number of hydrogen-bond acceptors (Lipinski definition) is 3. The van der Waals surface area contributed by atoms with Crippen molar-refractivity contribution >= 4 is 29.9 Å². The Morgan fingerprint density at radius 2 is 1.95 bits per heavy atom. The number of likely N-dealkylation sites (N-methyl/N-ethyl adjacent to an activating group) is 1. The molecule has 1 aromatic rings. The SMILES string of the molecule is Cc1cccc(C)c1NC(=O)CN(C)C(=O)C1CCNC1.Cl. The van der Waals surface area contributed by atoms with E-state index in [-0.39, 0.29) is 36.7 Å². The van der Waals surface area contributed by atoms with Gasteiger partial charge in [0.25, 0.3) is 0 Å². The number of carbonyl (C=O) groups is 2. The van der Waals surface area contributed by atoms with E-state index in [4.69, 9.17) is 0 Å². The van der Waals surface area contributed by atoms with Crippen molar-refractivity contribution in [2.75, 3.05) is 32.0 Å². The quantitative estimate of drug-likeness (QED) is 0.886. The molecule has 122 valence electrons. The van der Waals surface area contributed by atoms with Crippen molar-refractivity contribution in [3.63, 3.8) is 0 Å². The second kappa shape index (κ2) is 8.15. The Balaban J connectivity index is 0.00000242. The largest absolute Gasteiger partial charge is 0.336 e. The minimum absolute atomic E-state index is 0. The molecule has 0 aliphatic carbocycles. The molecule has 6 heteroatoms. The smallest absolute Gasteiger partial charge is 0.243 e. The molecule has 0 saturated carbocycles. The van der Waals surface area contributed by atoms with Crippen LogP contribution < -0.4 is 10.6 Å². The summed E-state index contributed by atoms with van der Waals surface area (Å²) in [5.74, 6) is -0.117. The Kier molecular flexibility index (Phi) is 6.84. The van der Waals surface area contributed by atoms with Crippen molar-refractivity contribution < 1.29 is 9.59 Å². The molecule has 2 N–H and O–H groups in total. The molecule has 1 aromatic carbocycles. The summed E-state index contributed by atoms with van der Waals surface area (Å²) in [6, 6.07) is 5.88. The number of amides is 2. The molecular weight excluding hydrogens is 302 g/mol. The number of carbonyl (C=O) groups excluding carboxylic acids is 2. The number of nitrogens with zero attached hydrogens (tertiary/aromatic N) is 1. The number of para-hydroxylation sites is 1. The highest BCUT2D eigenvalue weighted by Gasteiger charge is 2.26. The third-order valence-electron chi connectivity index (χ3n) is 3.91. The predicted octanol–water partition coefficient (Wildman–Crippen LogP) is 1.73. The van der Waals surface area contributed by atoms with Crippen molar-refractivity contribution in [3.8, 4) is 0 Å². The van der Waals surface area contributed by atoms with E-state index in [1.54, 1.807) is 7.05 Å². The zero-order valence-corrected chi connectivity index (χ0v) is 14.1. The third kappa shape index (κ3) is 4.45. The minimum Gasteiger partial charge on any atom is -0.336 e. The Hall–Kier alpha value is -1.59. The third-order valence-corrected chi connectivity index (χ3v) is 3.91. The van der Waals surface area contributed by atoms with E-state index in [1.165, 1.54) is 4.90 Å². The first-order chi connectivity index (χ1) is 9.99. The highest BCUT2D eigenvalue weighted by atomic mass is 35.5. The summed E-state index contributed by atoms with van der Waals surface area (Å²) in [5, 5.41) is 6.07. The monoisotopic (exact) mass is 325 g/mol. The van der Waals surface area contributed by atoms with Crippen LogP contribution in [0, 0.1) is 19.8 Å². The second-order valence-electron chi connectivity index (χ2n) is 5.70. The van der Waals surface area contributed by atoms with Gasteiger partial charge in [-0.1, -0.05) is 18.2 Å². The normalized spacial score (nSPS) is 16.8. The maximum Gasteiger partial charge on any atom is 0.243 e. The van der Waals surface area contributed by atoms with E-state index in [0.29, 0.717) is 6.54 Å². The number of benzene rings is 1. The zero-order chi connectivity index (χ0) is 15.4. The first-order valence-corrected chi connectivity index (χ1v) is 7.31. The molecule has 5 nitrogen and oxygen atoms in total. The summed E-state index contributed by atoms with van der Waals surface area (Å²) in [6.45, 7) is 5.59. The fourth-order valence-electron chi connectivity index (χ4n) is 2.66. The van der Waals surface area contributed by atoms with E-state index in [0.717, 1.165) is 29.8 Å². The molecule has 1 atom stereocenters. The van der Waals surface area contributed by atoms with Crippen LogP contribution in [-0.2, 0) is 9.59 Å². The summed E-state index contributed by atoms with van der Waals surface area (Å²) in [5.41, 5.74) is 2.89. The van der Waals surface area contributed by atoms with E-state index >= 15 is 0 Å². The Bertz CT molecular complexity index is 522. The Morgan fingerprint density at radius 1 is 1.32 bits per heavy atom. The molecule has 1 fully saturated rings. The molecular formula is C16H24ClN3O2. The lowest BCUT2D eigenvalue weighted by Crippen LogP contribution is -2.39. The van der Waals surface area contributed by atoms with Gasteiger partial charge in [0, 0.05) is 19.3 Å². The van der Waals surface area contributed by atoms with Gasteiger partial charge < -0.3 is 15.5 Å².